The third kappa shape index (κ3) is 4.74. The molecule has 0 amide bonds. The van der Waals surface area contributed by atoms with E-state index >= 15 is 0 Å². The van der Waals surface area contributed by atoms with Gasteiger partial charge in [-0.15, -0.1) is 0 Å². The van der Waals surface area contributed by atoms with Gasteiger partial charge in [0.05, 0.1) is 0 Å². The van der Waals surface area contributed by atoms with E-state index in [1.807, 2.05) is 4.68 Å². The minimum atomic E-state index is 0.439. The highest BCUT2D eigenvalue weighted by molar-refractivity contribution is 4.90. The summed E-state index contributed by atoms with van der Waals surface area (Å²) in [5.74, 6) is 1.62. The van der Waals surface area contributed by atoms with E-state index in [0.29, 0.717) is 12.0 Å². The van der Waals surface area contributed by atoms with Crippen molar-refractivity contribution >= 4 is 0 Å². The molecule has 0 aliphatic heterocycles. The molecule has 2 unspecified atom stereocenters. The maximum atomic E-state index is 5.20. The molecule has 18 heavy (non-hydrogen) atoms. The van der Waals surface area contributed by atoms with E-state index in [4.69, 9.17) is 4.74 Å². The molecule has 1 N–H and O–H groups in total. The van der Waals surface area contributed by atoms with E-state index < -0.39 is 0 Å². The standard InChI is InChI=1S/C13H26N4O/c1-5-14-12(7-11(3)9-18-4)8-13-15-10-16-17(13)6-2/h10-12,14H,5-9H2,1-4H3. The number of nitrogens with zero attached hydrogens (tertiary/aromatic N) is 3. The molecule has 0 aromatic carbocycles. The molecule has 104 valence electrons. The maximum absolute atomic E-state index is 5.20. The highest BCUT2D eigenvalue weighted by Gasteiger charge is 2.15. The van der Waals surface area contributed by atoms with Gasteiger partial charge in [-0.3, -0.25) is 4.68 Å². The van der Waals surface area contributed by atoms with Gasteiger partial charge < -0.3 is 10.1 Å². The molecule has 1 aromatic heterocycles. The zero-order valence-corrected chi connectivity index (χ0v) is 12.0. The molecule has 0 aliphatic rings. The molecule has 0 fully saturated rings. The van der Waals surface area contributed by atoms with Crippen LogP contribution in [0.1, 0.15) is 33.0 Å². The van der Waals surface area contributed by atoms with Crippen LogP contribution < -0.4 is 5.32 Å². The molecular formula is C13H26N4O. The summed E-state index contributed by atoms with van der Waals surface area (Å²) in [6.45, 7) is 9.11. The highest BCUT2D eigenvalue weighted by atomic mass is 16.5. The Labute approximate surface area is 110 Å². The first-order valence-electron chi connectivity index (χ1n) is 6.80. The molecule has 2 atom stereocenters. The molecule has 5 heteroatoms. The summed E-state index contributed by atoms with van der Waals surface area (Å²) < 4.78 is 7.17. The Kier molecular flexibility index (Phi) is 6.90. The molecule has 0 aliphatic carbocycles. The number of hydrogen-bond acceptors (Lipinski definition) is 4. The van der Waals surface area contributed by atoms with E-state index in [0.717, 1.165) is 38.4 Å². The summed E-state index contributed by atoms with van der Waals surface area (Å²) in [5, 5.41) is 7.74. The first kappa shape index (κ1) is 15.1. The quantitative estimate of drug-likeness (QED) is 0.725. The van der Waals surface area contributed by atoms with Crippen molar-refractivity contribution in [2.45, 2.75) is 46.2 Å². The second-order valence-corrected chi connectivity index (χ2v) is 4.75. The number of aromatic nitrogens is 3. The summed E-state index contributed by atoms with van der Waals surface area (Å²) in [6, 6.07) is 0.439. The third-order valence-corrected chi connectivity index (χ3v) is 3.06. The predicted octanol–water partition coefficient (Wildman–Crippen LogP) is 1.49. The van der Waals surface area contributed by atoms with Crippen molar-refractivity contribution in [1.82, 2.24) is 20.1 Å². The minimum absolute atomic E-state index is 0.439. The van der Waals surface area contributed by atoms with Crippen molar-refractivity contribution in [3.05, 3.63) is 12.2 Å². The maximum Gasteiger partial charge on any atom is 0.138 e. The van der Waals surface area contributed by atoms with Crippen LogP contribution in [0.5, 0.6) is 0 Å². The normalized spacial score (nSPS) is 14.7. The molecule has 0 saturated heterocycles. The minimum Gasteiger partial charge on any atom is -0.384 e. The topological polar surface area (TPSA) is 52.0 Å². The lowest BCUT2D eigenvalue weighted by atomic mass is 10.00. The zero-order valence-electron chi connectivity index (χ0n) is 12.0. The fraction of sp³-hybridized carbons (Fsp3) is 0.846. The van der Waals surface area contributed by atoms with Gasteiger partial charge in [0.25, 0.3) is 0 Å². The fourth-order valence-electron chi connectivity index (χ4n) is 2.30. The van der Waals surface area contributed by atoms with E-state index in [1.54, 1.807) is 13.4 Å². The van der Waals surface area contributed by atoms with E-state index in [-0.39, 0.29) is 0 Å². The van der Waals surface area contributed by atoms with Gasteiger partial charge in [0, 0.05) is 32.7 Å². The lowest BCUT2D eigenvalue weighted by Gasteiger charge is -2.21. The van der Waals surface area contributed by atoms with Crippen molar-refractivity contribution < 1.29 is 4.74 Å². The SMILES string of the molecule is CCNC(Cc1ncnn1CC)CC(C)COC. The Hall–Kier alpha value is -0.940. The van der Waals surface area contributed by atoms with Gasteiger partial charge in [-0.25, -0.2) is 4.98 Å². The molecular weight excluding hydrogens is 228 g/mol. The number of likely N-dealkylation sites (N-methyl/N-ethyl adjacent to an activating group) is 1. The number of nitrogens with one attached hydrogen (secondary N) is 1. The first-order chi connectivity index (χ1) is 8.71. The Balaban J connectivity index is 2.56. The van der Waals surface area contributed by atoms with Crippen molar-refractivity contribution in [3.8, 4) is 0 Å². The van der Waals surface area contributed by atoms with Gasteiger partial charge in [0.15, 0.2) is 0 Å². The number of ether oxygens (including phenoxy) is 1. The Bertz CT molecular complexity index is 327. The number of aryl methyl sites for hydroxylation is 1. The second kappa shape index (κ2) is 8.21. The molecule has 0 saturated carbocycles. The fourth-order valence-corrected chi connectivity index (χ4v) is 2.30. The summed E-state index contributed by atoms with van der Waals surface area (Å²) >= 11 is 0. The summed E-state index contributed by atoms with van der Waals surface area (Å²) in [7, 11) is 1.76. The van der Waals surface area contributed by atoms with Gasteiger partial charge in [-0.2, -0.15) is 5.10 Å². The van der Waals surface area contributed by atoms with Crippen LogP contribution >= 0.6 is 0 Å². The van der Waals surface area contributed by atoms with Crippen LogP contribution in [-0.2, 0) is 17.7 Å². The van der Waals surface area contributed by atoms with Crippen molar-refractivity contribution in [2.24, 2.45) is 5.92 Å². The Morgan fingerprint density at radius 1 is 1.44 bits per heavy atom. The van der Waals surface area contributed by atoms with E-state index in [9.17, 15) is 0 Å². The molecule has 1 heterocycles. The monoisotopic (exact) mass is 254 g/mol. The average molecular weight is 254 g/mol. The molecule has 0 radical (unpaired) electrons. The molecule has 1 rings (SSSR count). The van der Waals surface area contributed by atoms with Gasteiger partial charge in [-0.1, -0.05) is 13.8 Å². The summed E-state index contributed by atoms with van der Waals surface area (Å²) in [6.07, 6.45) is 3.66. The largest absolute Gasteiger partial charge is 0.384 e. The molecule has 0 bridgehead atoms. The number of methoxy groups -OCH3 is 1. The van der Waals surface area contributed by atoms with Crippen molar-refractivity contribution in [3.63, 3.8) is 0 Å². The molecule has 0 spiro atoms. The summed E-state index contributed by atoms with van der Waals surface area (Å²) in [4.78, 5) is 4.34. The third-order valence-electron chi connectivity index (χ3n) is 3.06. The van der Waals surface area contributed by atoms with Crippen LogP contribution in [0.15, 0.2) is 6.33 Å². The van der Waals surface area contributed by atoms with Crippen molar-refractivity contribution in [1.29, 1.82) is 0 Å². The molecule has 5 nitrogen and oxygen atoms in total. The Morgan fingerprint density at radius 3 is 2.83 bits per heavy atom. The van der Waals surface area contributed by atoms with Gasteiger partial charge in [-0.05, 0) is 25.8 Å². The van der Waals surface area contributed by atoms with Crippen LogP contribution in [0, 0.1) is 5.92 Å². The van der Waals surface area contributed by atoms with Crippen LogP contribution in [0.4, 0.5) is 0 Å². The van der Waals surface area contributed by atoms with Crippen LogP contribution in [0.2, 0.25) is 0 Å². The first-order valence-corrected chi connectivity index (χ1v) is 6.80. The van der Waals surface area contributed by atoms with Gasteiger partial charge in [0.1, 0.15) is 12.2 Å². The van der Waals surface area contributed by atoms with Gasteiger partial charge in [0.2, 0.25) is 0 Å². The predicted molar refractivity (Wildman–Crippen MR) is 72.5 cm³/mol. The average Bonchev–Trinajstić information content (AvgIpc) is 2.76. The zero-order chi connectivity index (χ0) is 13.4. The summed E-state index contributed by atoms with van der Waals surface area (Å²) in [5.41, 5.74) is 0. The second-order valence-electron chi connectivity index (χ2n) is 4.75. The smallest absolute Gasteiger partial charge is 0.138 e. The van der Waals surface area contributed by atoms with Crippen LogP contribution in [0.3, 0.4) is 0 Å². The number of rotatable bonds is 9. The molecule has 1 aromatic rings. The van der Waals surface area contributed by atoms with Crippen LogP contribution in [-0.4, -0.2) is 41.1 Å². The number of hydrogen-bond donors (Lipinski definition) is 1. The Morgan fingerprint density at radius 2 is 2.22 bits per heavy atom. The van der Waals surface area contributed by atoms with Crippen LogP contribution in [0.25, 0.3) is 0 Å². The lowest BCUT2D eigenvalue weighted by molar-refractivity contribution is 0.149. The van der Waals surface area contributed by atoms with Gasteiger partial charge >= 0.3 is 0 Å². The van der Waals surface area contributed by atoms with E-state index in [2.05, 4.69) is 36.2 Å². The highest BCUT2D eigenvalue weighted by Crippen LogP contribution is 2.10. The van der Waals surface area contributed by atoms with E-state index in [1.165, 1.54) is 0 Å². The lowest BCUT2D eigenvalue weighted by Crippen LogP contribution is -2.34. The van der Waals surface area contributed by atoms with Crippen molar-refractivity contribution in [2.75, 3.05) is 20.3 Å².